The molecule has 0 saturated carbocycles. The Bertz CT molecular complexity index is 604. The maximum atomic E-state index is 13.3. The van der Waals surface area contributed by atoms with Crippen LogP contribution in [0.15, 0.2) is 12.1 Å². The Morgan fingerprint density at radius 3 is 2.24 bits per heavy atom. The predicted molar refractivity (Wildman–Crippen MR) is 58.7 cm³/mol. The van der Waals surface area contributed by atoms with Gasteiger partial charge in [-0.3, -0.25) is 10.1 Å². The Morgan fingerprint density at radius 2 is 1.86 bits per heavy atom. The van der Waals surface area contributed by atoms with E-state index in [0.29, 0.717) is 0 Å². The molecular weight excluding hydrogens is 307 g/mol. The number of anilines is 1. The Morgan fingerprint density at radius 1 is 1.33 bits per heavy atom. The molecule has 0 aliphatic heterocycles. The molecule has 6 nitrogen and oxygen atoms in total. The first-order valence-electron chi connectivity index (χ1n) is 5.12. The van der Waals surface area contributed by atoms with Gasteiger partial charge < -0.3 is 10.4 Å². The van der Waals surface area contributed by atoms with Gasteiger partial charge in [0.1, 0.15) is 11.5 Å². The molecule has 0 radical (unpaired) electrons. The van der Waals surface area contributed by atoms with E-state index in [1.807, 2.05) is 0 Å². The third-order valence-corrected chi connectivity index (χ3v) is 2.59. The summed E-state index contributed by atoms with van der Waals surface area (Å²) in [5.41, 5.74) is -6.40. The van der Waals surface area contributed by atoms with Crippen LogP contribution in [0.1, 0.15) is 6.92 Å². The number of carboxylic acids is 1. The monoisotopic (exact) mass is 314 g/mol. The minimum Gasteiger partial charge on any atom is -0.479 e. The molecule has 1 aromatic rings. The Kier molecular flexibility index (Phi) is 4.07. The molecule has 0 aliphatic rings. The van der Waals surface area contributed by atoms with Crippen LogP contribution < -0.4 is 5.32 Å². The zero-order valence-electron chi connectivity index (χ0n) is 10.2. The first kappa shape index (κ1) is 16.6. The molecule has 11 heteroatoms. The van der Waals surface area contributed by atoms with Gasteiger partial charge in [-0.05, 0) is 6.92 Å². The third kappa shape index (κ3) is 3.01. The van der Waals surface area contributed by atoms with Gasteiger partial charge in [-0.1, -0.05) is 0 Å². The Balaban J connectivity index is 3.48. The van der Waals surface area contributed by atoms with Gasteiger partial charge in [-0.2, -0.15) is 17.6 Å². The number of halogens is 5. The van der Waals surface area contributed by atoms with Crippen molar-refractivity contribution in [3.63, 3.8) is 0 Å². The molecule has 0 heterocycles. The molecule has 0 aromatic heterocycles. The highest BCUT2D eigenvalue weighted by Crippen LogP contribution is 2.37. The molecule has 0 bridgehead atoms. The number of alkyl halides is 3. The first-order chi connectivity index (χ1) is 9.40. The van der Waals surface area contributed by atoms with Gasteiger partial charge >= 0.3 is 17.8 Å². The molecule has 2 N–H and O–H groups in total. The highest BCUT2D eigenvalue weighted by atomic mass is 19.4. The molecule has 0 amide bonds. The zero-order chi connectivity index (χ0) is 16.6. The molecule has 1 aromatic carbocycles. The number of carboxylic acid groups (broad SMARTS) is 1. The fourth-order valence-corrected chi connectivity index (χ4v) is 1.36. The van der Waals surface area contributed by atoms with Crippen molar-refractivity contribution < 1.29 is 36.8 Å². The SMILES string of the molecule is CC(Nc1cc(F)cc(F)c1[N+](=O)[O-])(C(=O)O)C(F)(F)F. The van der Waals surface area contributed by atoms with Gasteiger partial charge in [0.15, 0.2) is 0 Å². The van der Waals surface area contributed by atoms with Crippen LogP contribution in [-0.2, 0) is 4.79 Å². The fraction of sp³-hybridized carbons (Fsp3) is 0.300. The quantitative estimate of drug-likeness (QED) is 0.506. The van der Waals surface area contributed by atoms with E-state index in [1.54, 1.807) is 0 Å². The first-order valence-corrected chi connectivity index (χ1v) is 5.12. The van der Waals surface area contributed by atoms with Gasteiger partial charge in [0, 0.05) is 12.1 Å². The number of nitrogens with zero attached hydrogens (tertiary/aromatic N) is 1. The van der Waals surface area contributed by atoms with Gasteiger partial charge in [0.05, 0.1) is 4.92 Å². The van der Waals surface area contributed by atoms with Crippen molar-refractivity contribution in [3.05, 3.63) is 33.9 Å². The van der Waals surface area contributed by atoms with Crippen molar-refractivity contribution in [1.82, 2.24) is 0 Å². The fourth-order valence-electron chi connectivity index (χ4n) is 1.36. The summed E-state index contributed by atoms with van der Waals surface area (Å²) >= 11 is 0. The molecule has 116 valence electrons. The number of carbonyl (C=O) groups is 1. The van der Waals surface area contributed by atoms with Crippen LogP contribution in [0.25, 0.3) is 0 Å². The van der Waals surface area contributed by atoms with Crippen LogP contribution in [0, 0.1) is 21.7 Å². The average molecular weight is 314 g/mol. The molecule has 1 rings (SSSR count). The number of benzene rings is 1. The summed E-state index contributed by atoms with van der Waals surface area (Å²) in [6, 6.07) is 0.295. The highest BCUT2D eigenvalue weighted by Gasteiger charge is 2.58. The van der Waals surface area contributed by atoms with Crippen molar-refractivity contribution in [2.45, 2.75) is 18.6 Å². The number of nitro benzene ring substituents is 1. The van der Waals surface area contributed by atoms with E-state index < -0.39 is 45.6 Å². The van der Waals surface area contributed by atoms with Crippen LogP contribution in [0.4, 0.5) is 33.3 Å². The van der Waals surface area contributed by atoms with Crippen molar-refractivity contribution in [1.29, 1.82) is 0 Å². The van der Waals surface area contributed by atoms with E-state index in [0.717, 1.165) is 0 Å². The van der Waals surface area contributed by atoms with Gasteiger partial charge in [0.2, 0.25) is 11.4 Å². The lowest BCUT2D eigenvalue weighted by atomic mass is 10.0. The van der Waals surface area contributed by atoms with E-state index in [-0.39, 0.29) is 19.1 Å². The molecule has 21 heavy (non-hydrogen) atoms. The van der Waals surface area contributed by atoms with Gasteiger partial charge in [0.25, 0.3) is 0 Å². The number of nitro groups is 1. The van der Waals surface area contributed by atoms with E-state index in [2.05, 4.69) is 0 Å². The Labute approximate surface area is 113 Å². The second-order valence-electron chi connectivity index (χ2n) is 4.09. The van der Waals surface area contributed by atoms with E-state index in [9.17, 15) is 36.9 Å². The summed E-state index contributed by atoms with van der Waals surface area (Å²) < 4.78 is 64.6. The van der Waals surface area contributed by atoms with E-state index in [1.165, 1.54) is 5.32 Å². The summed E-state index contributed by atoms with van der Waals surface area (Å²) in [5.74, 6) is -5.57. The van der Waals surface area contributed by atoms with Crippen LogP contribution in [-0.4, -0.2) is 27.7 Å². The van der Waals surface area contributed by atoms with Crippen molar-refractivity contribution in [2.75, 3.05) is 5.32 Å². The van der Waals surface area contributed by atoms with Crippen molar-refractivity contribution in [3.8, 4) is 0 Å². The molecule has 0 spiro atoms. The minimum atomic E-state index is -5.38. The summed E-state index contributed by atoms with van der Waals surface area (Å²) in [6.07, 6.45) is -5.38. The second kappa shape index (κ2) is 5.14. The largest absolute Gasteiger partial charge is 0.479 e. The molecular formula is C10H7F5N2O4. The number of hydrogen-bond acceptors (Lipinski definition) is 4. The summed E-state index contributed by atoms with van der Waals surface area (Å²) in [5, 5.41) is 20.6. The van der Waals surface area contributed by atoms with Crippen LogP contribution in [0.5, 0.6) is 0 Å². The van der Waals surface area contributed by atoms with E-state index >= 15 is 0 Å². The maximum Gasteiger partial charge on any atom is 0.422 e. The zero-order valence-corrected chi connectivity index (χ0v) is 10.2. The molecule has 0 aliphatic carbocycles. The van der Waals surface area contributed by atoms with Crippen molar-refractivity contribution in [2.24, 2.45) is 0 Å². The standard InChI is InChI=1S/C10H7F5N2O4/c1-9(8(18)19,10(13,14)15)16-6-3-4(11)2-5(12)7(6)17(20)21/h2-3,16H,1H3,(H,18,19). The molecule has 1 atom stereocenters. The third-order valence-electron chi connectivity index (χ3n) is 2.59. The van der Waals surface area contributed by atoms with E-state index in [4.69, 9.17) is 5.11 Å². The molecule has 0 fully saturated rings. The highest BCUT2D eigenvalue weighted by molar-refractivity contribution is 5.84. The lowest BCUT2D eigenvalue weighted by Crippen LogP contribution is -2.55. The smallest absolute Gasteiger partial charge is 0.422 e. The summed E-state index contributed by atoms with van der Waals surface area (Å²) in [6.45, 7) is 0.169. The lowest BCUT2D eigenvalue weighted by molar-refractivity contribution is -0.386. The molecule has 0 saturated heterocycles. The topological polar surface area (TPSA) is 92.5 Å². The minimum absolute atomic E-state index is 0.0923. The normalized spacial score (nSPS) is 14.4. The van der Waals surface area contributed by atoms with Gasteiger partial charge in [-0.25, -0.2) is 9.18 Å². The average Bonchev–Trinajstić information content (AvgIpc) is 2.24. The number of hydrogen-bond donors (Lipinski definition) is 2. The predicted octanol–water partition coefficient (Wildman–Crippen LogP) is 2.69. The summed E-state index contributed by atoms with van der Waals surface area (Å²) in [4.78, 5) is 20.0. The second-order valence-corrected chi connectivity index (χ2v) is 4.09. The van der Waals surface area contributed by atoms with Crippen LogP contribution >= 0.6 is 0 Å². The molecule has 1 unspecified atom stereocenters. The van der Waals surface area contributed by atoms with Crippen LogP contribution in [0.2, 0.25) is 0 Å². The number of aliphatic carboxylic acids is 1. The van der Waals surface area contributed by atoms with Crippen molar-refractivity contribution >= 4 is 17.3 Å². The summed E-state index contributed by atoms with van der Waals surface area (Å²) in [7, 11) is 0. The number of rotatable bonds is 4. The maximum absolute atomic E-state index is 13.3. The van der Waals surface area contributed by atoms with Crippen LogP contribution in [0.3, 0.4) is 0 Å². The number of nitrogens with one attached hydrogen (secondary N) is 1. The Hall–Kier alpha value is -2.46. The van der Waals surface area contributed by atoms with Gasteiger partial charge in [-0.15, -0.1) is 0 Å². The lowest BCUT2D eigenvalue weighted by Gasteiger charge is -2.29.